The van der Waals surface area contributed by atoms with Crippen LogP contribution in [0.5, 0.6) is 0 Å². The highest BCUT2D eigenvalue weighted by Crippen LogP contribution is 2.32. The Morgan fingerprint density at radius 1 is 1.00 bits per heavy atom. The van der Waals surface area contributed by atoms with Gasteiger partial charge in [0.25, 0.3) is 0 Å². The number of aliphatic hydroxyl groups excluding tert-OH is 1. The van der Waals surface area contributed by atoms with Crippen molar-refractivity contribution in [3.63, 3.8) is 0 Å². The summed E-state index contributed by atoms with van der Waals surface area (Å²) in [7, 11) is 0. The fourth-order valence-electron chi connectivity index (χ4n) is 2.24. The number of rotatable bonds is 2. The smallest absolute Gasteiger partial charge is 0.106 e. The van der Waals surface area contributed by atoms with Gasteiger partial charge in [-0.15, -0.1) is 0 Å². The number of halogens is 2. The van der Waals surface area contributed by atoms with Gasteiger partial charge in [-0.3, -0.25) is 4.98 Å². The lowest BCUT2D eigenvalue weighted by atomic mass is 9.99. The molecular formula is C16H11Cl2NO. The van der Waals surface area contributed by atoms with E-state index in [1.807, 2.05) is 24.3 Å². The summed E-state index contributed by atoms with van der Waals surface area (Å²) in [6.07, 6.45) is 0.899. The zero-order chi connectivity index (χ0) is 14.1. The van der Waals surface area contributed by atoms with E-state index in [9.17, 15) is 5.11 Å². The summed E-state index contributed by atoms with van der Waals surface area (Å²) in [5.74, 6) is 0. The minimum atomic E-state index is -0.789. The Balaban J connectivity index is 2.17. The molecule has 1 aromatic heterocycles. The molecule has 20 heavy (non-hydrogen) atoms. The summed E-state index contributed by atoms with van der Waals surface area (Å²) >= 11 is 12.1. The highest BCUT2D eigenvalue weighted by Gasteiger charge is 2.15. The maximum absolute atomic E-state index is 10.6. The zero-order valence-electron chi connectivity index (χ0n) is 10.4. The maximum atomic E-state index is 10.6. The van der Waals surface area contributed by atoms with Crippen molar-refractivity contribution < 1.29 is 5.11 Å². The Kier molecular flexibility index (Phi) is 3.62. The first-order chi connectivity index (χ1) is 9.66. The summed E-state index contributed by atoms with van der Waals surface area (Å²) in [6.45, 7) is 0. The van der Waals surface area contributed by atoms with Crippen LogP contribution in [0.4, 0.5) is 0 Å². The number of nitrogens with zero attached hydrogens (tertiary/aromatic N) is 1. The first kappa shape index (κ1) is 13.4. The standard InChI is InChI=1S/C16H11Cl2NO/c17-11-4-1-3-10(9-11)16(20)13-6-7-14(18)12-5-2-8-19-15(12)13/h1-9,16,20H. The van der Waals surface area contributed by atoms with Crippen LogP contribution < -0.4 is 0 Å². The molecule has 0 amide bonds. The second-order valence-corrected chi connectivity index (χ2v) is 5.34. The molecule has 0 saturated carbocycles. The Hall–Kier alpha value is -1.61. The van der Waals surface area contributed by atoms with Gasteiger partial charge in [-0.2, -0.15) is 0 Å². The number of hydrogen-bond donors (Lipinski definition) is 1. The first-order valence-corrected chi connectivity index (χ1v) is 6.89. The van der Waals surface area contributed by atoms with Gasteiger partial charge in [-0.1, -0.05) is 41.4 Å². The van der Waals surface area contributed by atoms with E-state index in [1.165, 1.54) is 0 Å². The van der Waals surface area contributed by atoms with Crippen LogP contribution in [0.15, 0.2) is 54.7 Å². The minimum Gasteiger partial charge on any atom is -0.384 e. The van der Waals surface area contributed by atoms with Crippen LogP contribution in [0.25, 0.3) is 10.9 Å². The molecule has 4 heteroatoms. The topological polar surface area (TPSA) is 33.1 Å². The lowest BCUT2D eigenvalue weighted by molar-refractivity contribution is 0.221. The first-order valence-electron chi connectivity index (χ1n) is 6.13. The van der Waals surface area contributed by atoms with Gasteiger partial charge in [-0.05, 0) is 35.9 Å². The molecule has 100 valence electrons. The third kappa shape index (κ3) is 2.38. The number of aromatic nitrogens is 1. The highest BCUT2D eigenvalue weighted by atomic mass is 35.5. The molecule has 3 aromatic rings. The molecule has 0 saturated heterocycles. The van der Waals surface area contributed by atoms with Crippen molar-refractivity contribution in [3.8, 4) is 0 Å². The molecule has 0 aliphatic heterocycles. The van der Waals surface area contributed by atoms with Crippen molar-refractivity contribution >= 4 is 34.1 Å². The van der Waals surface area contributed by atoms with E-state index in [-0.39, 0.29) is 0 Å². The van der Waals surface area contributed by atoms with E-state index >= 15 is 0 Å². The maximum Gasteiger partial charge on any atom is 0.106 e. The number of hydrogen-bond acceptors (Lipinski definition) is 2. The largest absolute Gasteiger partial charge is 0.384 e. The van der Waals surface area contributed by atoms with Crippen molar-refractivity contribution in [2.45, 2.75) is 6.10 Å². The van der Waals surface area contributed by atoms with Crippen LogP contribution in [0.2, 0.25) is 10.0 Å². The Bertz CT molecular complexity index is 773. The summed E-state index contributed by atoms with van der Waals surface area (Å²) in [5.41, 5.74) is 2.14. The average molecular weight is 304 g/mol. The number of pyridine rings is 1. The number of aliphatic hydroxyl groups is 1. The number of benzene rings is 2. The van der Waals surface area contributed by atoms with Gasteiger partial charge < -0.3 is 5.11 Å². The van der Waals surface area contributed by atoms with Gasteiger partial charge in [0.15, 0.2) is 0 Å². The van der Waals surface area contributed by atoms with Gasteiger partial charge >= 0.3 is 0 Å². The fourth-order valence-corrected chi connectivity index (χ4v) is 2.65. The molecule has 2 nitrogen and oxygen atoms in total. The van der Waals surface area contributed by atoms with Gasteiger partial charge in [0.1, 0.15) is 6.10 Å². The van der Waals surface area contributed by atoms with E-state index in [2.05, 4.69) is 4.98 Å². The van der Waals surface area contributed by atoms with Gasteiger partial charge in [0.2, 0.25) is 0 Å². The summed E-state index contributed by atoms with van der Waals surface area (Å²) < 4.78 is 0. The SMILES string of the molecule is OC(c1cccc(Cl)c1)c1ccc(Cl)c2cccnc12. The van der Waals surface area contributed by atoms with Crippen LogP contribution in [0, 0.1) is 0 Å². The Morgan fingerprint density at radius 2 is 1.85 bits per heavy atom. The van der Waals surface area contributed by atoms with Gasteiger partial charge in [-0.25, -0.2) is 0 Å². The zero-order valence-corrected chi connectivity index (χ0v) is 11.9. The average Bonchev–Trinajstić information content (AvgIpc) is 2.47. The molecule has 2 aromatic carbocycles. The van der Waals surface area contributed by atoms with Crippen molar-refractivity contribution in [1.82, 2.24) is 4.98 Å². The minimum absolute atomic E-state index is 0.591. The highest BCUT2D eigenvalue weighted by molar-refractivity contribution is 6.35. The molecule has 0 aliphatic carbocycles. The van der Waals surface area contributed by atoms with E-state index in [1.54, 1.807) is 30.5 Å². The Morgan fingerprint density at radius 3 is 2.65 bits per heavy atom. The van der Waals surface area contributed by atoms with E-state index in [0.717, 1.165) is 10.9 Å². The lowest BCUT2D eigenvalue weighted by Crippen LogP contribution is -2.01. The molecule has 1 N–H and O–H groups in total. The third-order valence-electron chi connectivity index (χ3n) is 3.21. The van der Waals surface area contributed by atoms with Crippen molar-refractivity contribution in [1.29, 1.82) is 0 Å². The molecule has 1 atom stereocenters. The quantitative estimate of drug-likeness (QED) is 0.749. The van der Waals surface area contributed by atoms with Crippen LogP contribution >= 0.6 is 23.2 Å². The second kappa shape index (κ2) is 5.41. The van der Waals surface area contributed by atoms with E-state index in [0.29, 0.717) is 21.1 Å². The van der Waals surface area contributed by atoms with E-state index in [4.69, 9.17) is 23.2 Å². The molecule has 0 bridgehead atoms. The monoisotopic (exact) mass is 303 g/mol. The lowest BCUT2D eigenvalue weighted by Gasteiger charge is -2.14. The van der Waals surface area contributed by atoms with Gasteiger partial charge in [0.05, 0.1) is 5.52 Å². The molecule has 1 unspecified atom stereocenters. The summed E-state index contributed by atoms with van der Waals surface area (Å²) in [5, 5.41) is 12.6. The Labute approximate surface area is 126 Å². The van der Waals surface area contributed by atoms with Crippen molar-refractivity contribution in [3.05, 3.63) is 75.9 Å². The predicted molar refractivity (Wildman–Crippen MR) is 82.3 cm³/mol. The molecular weight excluding hydrogens is 293 g/mol. The van der Waals surface area contributed by atoms with E-state index < -0.39 is 6.10 Å². The van der Waals surface area contributed by atoms with Crippen LogP contribution in [-0.2, 0) is 0 Å². The third-order valence-corrected chi connectivity index (χ3v) is 3.77. The van der Waals surface area contributed by atoms with Crippen molar-refractivity contribution in [2.75, 3.05) is 0 Å². The molecule has 0 radical (unpaired) electrons. The second-order valence-electron chi connectivity index (χ2n) is 4.49. The summed E-state index contributed by atoms with van der Waals surface area (Å²) in [6, 6.07) is 14.4. The van der Waals surface area contributed by atoms with Crippen LogP contribution in [0.1, 0.15) is 17.2 Å². The molecule has 0 aliphatic rings. The molecule has 0 spiro atoms. The van der Waals surface area contributed by atoms with Gasteiger partial charge in [0, 0.05) is 27.2 Å². The molecule has 3 rings (SSSR count). The van der Waals surface area contributed by atoms with Crippen LogP contribution in [0.3, 0.4) is 0 Å². The normalized spacial score (nSPS) is 12.6. The molecule has 0 fully saturated rings. The van der Waals surface area contributed by atoms with Crippen molar-refractivity contribution in [2.24, 2.45) is 0 Å². The fraction of sp³-hybridized carbons (Fsp3) is 0.0625. The summed E-state index contributed by atoms with van der Waals surface area (Å²) in [4.78, 5) is 4.33. The molecule has 1 heterocycles. The van der Waals surface area contributed by atoms with Crippen LogP contribution in [-0.4, -0.2) is 10.1 Å². The predicted octanol–water partition coefficient (Wildman–Crippen LogP) is 4.62. The number of fused-ring (bicyclic) bond motifs is 1.